The Morgan fingerprint density at radius 3 is 1.31 bits per heavy atom. The van der Waals surface area contributed by atoms with Crippen molar-refractivity contribution in [2.45, 2.75) is 130 Å². The van der Waals surface area contributed by atoms with E-state index in [0.29, 0.717) is 54.9 Å². The van der Waals surface area contributed by atoms with E-state index in [9.17, 15) is 30.6 Å². The monoisotopic (exact) mass is 840 g/mol. The van der Waals surface area contributed by atoms with Gasteiger partial charge in [0.2, 0.25) is 0 Å². The molecule has 0 radical (unpaired) electrons. The van der Waals surface area contributed by atoms with Gasteiger partial charge in [0.1, 0.15) is 23.0 Å². The van der Waals surface area contributed by atoms with Gasteiger partial charge < -0.3 is 39.5 Å². The van der Waals surface area contributed by atoms with E-state index in [-0.39, 0.29) is 81.4 Å². The summed E-state index contributed by atoms with van der Waals surface area (Å²) in [7, 11) is 0. The van der Waals surface area contributed by atoms with Crippen LogP contribution in [0, 0.1) is 25.7 Å². The molecule has 2 aromatic heterocycles. The van der Waals surface area contributed by atoms with Gasteiger partial charge in [-0.05, 0) is 109 Å². The fourth-order valence-corrected chi connectivity index (χ4v) is 10.6. The summed E-state index contributed by atoms with van der Waals surface area (Å²) in [6, 6.07) is 11.4. The van der Waals surface area contributed by atoms with E-state index in [1.807, 2.05) is 77.9 Å². The Bertz CT molecular complexity index is 2470. The number of phenolic OH excluding ortho intramolecular Hbond substituents is 6. The van der Waals surface area contributed by atoms with Gasteiger partial charge in [-0.2, -0.15) is 0 Å². The molecule has 2 aliphatic rings. The Morgan fingerprint density at radius 2 is 0.952 bits per heavy atom. The van der Waals surface area contributed by atoms with Gasteiger partial charge in [0, 0.05) is 69.4 Å². The van der Waals surface area contributed by atoms with Crippen molar-refractivity contribution in [2.75, 3.05) is 0 Å². The standard InChI is InChI=1S/C52H60N2O8/c1-27(2)41-35-21-29(5)43(49(57)45(35)37(47(55)51(41)59)25-53-39-17-9-7-13-31(39)23-33-15-11-19-61-33)44-30(6)22-36-42(28(3)4)52(60)48(56)38(46(36)50(44)58)26-54-40-18-10-8-14-32(40)24-34-16-12-20-62-34/h11-12,15-16,19-22,25-28,31-32,39-40,55-60H,7-10,13-14,17-18,23-24H2,1-6H3/t31-,32+,39-,40-/m0/s1. The van der Waals surface area contributed by atoms with E-state index in [2.05, 4.69) is 0 Å². The molecule has 2 fully saturated rings. The third-order valence-electron chi connectivity index (χ3n) is 13.6. The average molecular weight is 841 g/mol. The van der Waals surface area contributed by atoms with Gasteiger partial charge in [-0.25, -0.2) is 0 Å². The third kappa shape index (κ3) is 7.77. The lowest BCUT2D eigenvalue weighted by molar-refractivity contribution is 0.292. The summed E-state index contributed by atoms with van der Waals surface area (Å²) in [5.74, 6) is 0.159. The third-order valence-corrected chi connectivity index (χ3v) is 13.6. The Balaban J connectivity index is 1.32. The van der Waals surface area contributed by atoms with Crippen molar-refractivity contribution in [1.82, 2.24) is 0 Å². The number of aryl methyl sites for hydroxylation is 2. The van der Waals surface area contributed by atoms with Crippen LogP contribution in [0.3, 0.4) is 0 Å². The van der Waals surface area contributed by atoms with E-state index < -0.39 is 0 Å². The van der Waals surface area contributed by atoms with Gasteiger partial charge >= 0.3 is 0 Å². The second-order valence-corrected chi connectivity index (χ2v) is 18.4. The Labute approximate surface area is 363 Å². The zero-order valence-electron chi connectivity index (χ0n) is 36.7. The van der Waals surface area contributed by atoms with E-state index in [0.717, 1.165) is 75.7 Å². The molecule has 10 nitrogen and oxygen atoms in total. The van der Waals surface area contributed by atoms with Crippen molar-refractivity contribution in [2.24, 2.45) is 21.8 Å². The predicted molar refractivity (Wildman–Crippen MR) is 246 cm³/mol. The van der Waals surface area contributed by atoms with Crippen LogP contribution >= 0.6 is 0 Å². The largest absolute Gasteiger partial charge is 0.507 e. The summed E-state index contributed by atoms with van der Waals surface area (Å²) in [4.78, 5) is 10.1. The Morgan fingerprint density at radius 1 is 0.565 bits per heavy atom. The van der Waals surface area contributed by atoms with Crippen molar-refractivity contribution >= 4 is 34.0 Å². The first-order chi connectivity index (χ1) is 29.8. The number of rotatable bonds is 11. The second kappa shape index (κ2) is 17.5. The average Bonchev–Trinajstić information content (AvgIpc) is 3.96. The van der Waals surface area contributed by atoms with E-state index in [4.69, 9.17) is 18.8 Å². The number of hydrogen-bond donors (Lipinski definition) is 6. The molecular weight excluding hydrogens is 781 g/mol. The van der Waals surface area contributed by atoms with Crippen molar-refractivity contribution in [1.29, 1.82) is 0 Å². The highest BCUT2D eigenvalue weighted by Gasteiger charge is 2.32. The van der Waals surface area contributed by atoms with Crippen molar-refractivity contribution < 1.29 is 39.5 Å². The normalized spacial score (nSPS) is 19.9. The molecule has 0 aliphatic heterocycles. The first-order valence-electron chi connectivity index (χ1n) is 22.4. The summed E-state index contributed by atoms with van der Waals surface area (Å²) < 4.78 is 11.4. The van der Waals surface area contributed by atoms with Crippen LogP contribution in [0.4, 0.5) is 0 Å². The van der Waals surface area contributed by atoms with Crippen LogP contribution in [0.5, 0.6) is 34.5 Å². The van der Waals surface area contributed by atoms with Crippen molar-refractivity contribution in [3.63, 3.8) is 0 Å². The molecule has 6 N–H and O–H groups in total. The number of benzene rings is 4. The van der Waals surface area contributed by atoms with Gasteiger partial charge in [0.05, 0.1) is 24.6 Å². The molecule has 2 saturated carbocycles. The number of nitrogens with zero attached hydrogens (tertiary/aromatic N) is 2. The lowest BCUT2D eigenvalue weighted by atomic mass is 9.81. The van der Waals surface area contributed by atoms with Crippen molar-refractivity contribution in [3.8, 4) is 45.6 Å². The van der Waals surface area contributed by atoms with Gasteiger partial charge in [0.15, 0.2) is 23.0 Å². The zero-order valence-corrected chi connectivity index (χ0v) is 36.7. The van der Waals surface area contributed by atoms with E-state index in [1.54, 1.807) is 25.0 Å². The van der Waals surface area contributed by atoms with Gasteiger partial charge in [-0.3, -0.25) is 9.98 Å². The van der Waals surface area contributed by atoms with Crippen LogP contribution in [-0.2, 0) is 12.8 Å². The maximum atomic E-state index is 12.7. The first-order valence-corrected chi connectivity index (χ1v) is 22.4. The second-order valence-electron chi connectivity index (χ2n) is 18.4. The highest BCUT2D eigenvalue weighted by molar-refractivity contribution is 6.15. The summed E-state index contributed by atoms with van der Waals surface area (Å²) in [5, 5.41) is 73.8. The summed E-state index contributed by atoms with van der Waals surface area (Å²) in [6.45, 7) is 11.4. The molecule has 6 aromatic rings. The molecule has 4 atom stereocenters. The minimum atomic E-state index is -0.374. The quantitative estimate of drug-likeness (QED) is 0.0552. The highest BCUT2D eigenvalue weighted by atomic mass is 16.3. The number of fused-ring (bicyclic) bond motifs is 2. The smallest absolute Gasteiger partial charge is 0.167 e. The van der Waals surface area contributed by atoms with Crippen molar-refractivity contribution in [3.05, 3.63) is 93.8 Å². The zero-order chi connectivity index (χ0) is 44.0. The minimum Gasteiger partial charge on any atom is -0.507 e. The fourth-order valence-electron chi connectivity index (χ4n) is 10.6. The molecular formula is C52H60N2O8. The molecule has 2 heterocycles. The molecule has 62 heavy (non-hydrogen) atoms. The molecule has 0 unspecified atom stereocenters. The predicted octanol–water partition coefficient (Wildman–Crippen LogP) is 12.4. The maximum Gasteiger partial charge on any atom is 0.167 e. The van der Waals surface area contributed by atoms with Crippen LogP contribution in [0.25, 0.3) is 32.7 Å². The number of phenols is 6. The number of aliphatic imine (C=N–C) groups is 2. The van der Waals surface area contributed by atoms with E-state index >= 15 is 0 Å². The van der Waals surface area contributed by atoms with Gasteiger partial charge in [0.25, 0.3) is 0 Å². The molecule has 0 spiro atoms. The lowest BCUT2D eigenvalue weighted by Crippen LogP contribution is -2.25. The summed E-state index contributed by atoms with van der Waals surface area (Å²) in [5.41, 5.74) is 3.28. The molecule has 10 heteroatoms. The minimum absolute atomic E-state index is 0.0672. The first kappa shape index (κ1) is 42.8. The summed E-state index contributed by atoms with van der Waals surface area (Å²) in [6.07, 6.45) is 15.9. The molecule has 326 valence electrons. The van der Waals surface area contributed by atoms with Crippen LogP contribution < -0.4 is 0 Å². The number of furan rings is 2. The van der Waals surface area contributed by atoms with Crippen LogP contribution in [0.15, 0.2) is 67.7 Å². The topological polar surface area (TPSA) is 172 Å². The molecule has 0 saturated heterocycles. The fraction of sp³-hybridized carbons (Fsp3) is 0.423. The SMILES string of the molecule is Cc1cc2c(C(C)C)c(O)c(O)c(C=N[C@H]3CCCC[C@@H]3Cc3ccco3)c2c(O)c1-c1c(C)cc2c(C(C)C)c(O)c(O)c(C=N[C@H]3CCCC[C@H]3Cc3ccco3)c2c1O. The molecule has 2 aliphatic carbocycles. The highest BCUT2D eigenvalue weighted by Crippen LogP contribution is 2.54. The Kier molecular flexibility index (Phi) is 12.0. The molecule has 8 rings (SSSR count). The summed E-state index contributed by atoms with van der Waals surface area (Å²) >= 11 is 0. The number of aromatic hydroxyl groups is 6. The van der Waals surface area contributed by atoms with Gasteiger partial charge in [-0.15, -0.1) is 0 Å². The Hall–Kier alpha value is -5.90. The van der Waals surface area contributed by atoms with Crippen LogP contribution in [0.2, 0.25) is 0 Å². The van der Waals surface area contributed by atoms with Crippen LogP contribution in [0.1, 0.15) is 136 Å². The molecule has 4 aromatic carbocycles. The number of hydrogen-bond acceptors (Lipinski definition) is 10. The van der Waals surface area contributed by atoms with Crippen LogP contribution in [-0.4, -0.2) is 55.2 Å². The van der Waals surface area contributed by atoms with Gasteiger partial charge in [-0.1, -0.05) is 65.5 Å². The lowest BCUT2D eigenvalue weighted by Gasteiger charge is -2.28. The molecule has 0 bridgehead atoms. The van der Waals surface area contributed by atoms with E-state index in [1.165, 1.54) is 0 Å². The molecule has 0 amide bonds. The maximum absolute atomic E-state index is 12.7.